The third-order valence-corrected chi connectivity index (χ3v) is 3.70. The zero-order valence-corrected chi connectivity index (χ0v) is 15.5. The van der Waals surface area contributed by atoms with Gasteiger partial charge in [0.15, 0.2) is 0 Å². The number of aliphatic hydroxyl groups is 1. The second-order valence-electron chi connectivity index (χ2n) is 5.84. The number of hydrazone groups is 1. The molecule has 0 unspecified atom stereocenters. The first kappa shape index (κ1) is 19.9. The second kappa shape index (κ2) is 8.31. The number of ether oxygens (including phenoxy) is 1. The molecule has 0 aliphatic rings. The van der Waals surface area contributed by atoms with E-state index in [2.05, 4.69) is 10.5 Å². The van der Waals surface area contributed by atoms with Crippen molar-refractivity contribution in [2.45, 2.75) is 19.4 Å². The minimum Gasteiger partial charge on any atom is -0.423 e. The van der Waals surface area contributed by atoms with Crippen molar-refractivity contribution in [2.24, 2.45) is 5.10 Å². The van der Waals surface area contributed by atoms with Crippen LogP contribution in [0.3, 0.4) is 0 Å². The molecule has 0 spiro atoms. The van der Waals surface area contributed by atoms with E-state index in [9.17, 15) is 14.7 Å². The summed E-state index contributed by atoms with van der Waals surface area (Å²) >= 11 is 11.8. The van der Waals surface area contributed by atoms with Gasteiger partial charge in [-0.05, 0) is 49.7 Å². The highest BCUT2D eigenvalue weighted by atomic mass is 35.5. The van der Waals surface area contributed by atoms with E-state index in [0.29, 0.717) is 10.6 Å². The Balaban J connectivity index is 2.07. The van der Waals surface area contributed by atoms with Crippen molar-refractivity contribution in [3.05, 3.63) is 63.6 Å². The molecule has 0 fully saturated rings. The number of nitrogens with one attached hydrogen (secondary N) is 1. The van der Waals surface area contributed by atoms with Gasteiger partial charge in [-0.1, -0.05) is 35.3 Å². The second-order valence-corrected chi connectivity index (χ2v) is 6.69. The molecular formula is C18H16Cl2N2O4. The number of rotatable bonds is 5. The highest BCUT2D eigenvalue weighted by Gasteiger charge is 2.22. The van der Waals surface area contributed by atoms with Crippen LogP contribution >= 0.6 is 23.2 Å². The van der Waals surface area contributed by atoms with Gasteiger partial charge in [0.25, 0.3) is 5.91 Å². The van der Waals surface area contributed by atoms with E-state index in [4.69, 9.17) is 27.9 Å². The first-order valence-electron chi connectivity index (χ1n) is 7.50. The number of hydrogen-bond donors (Lipinski definition) is 2. The maximum absolute atomic E-state index is 12.2. The van der Waals surface area contributed by atoms with Gasteiger partial charge in [-0.2, -0.15) is 5.10 Å². The van der Waals surface area contributed by atoms with E-state index in [1.165, 1.54) is 32.2 Å². The van der Waals surface area contributed by atoms with Crippen molar-refractivity contribution in [3.8, 4) is 5.75 Å². The van der Waals surface area contributed by atoms with Gasteiger partial charge in [0.2, 0.25) is 0 Å². The molecule has 0 aliphatic carbocycles. The molecule has 6 nitrogen and oxygen atoms in total. The van der Waals surface area contributed by atoms with Crippen LogP contribution in [0.15, 0.2) is 47.6 Å². The summed E-state index contributed by atoms with van der Waals surface area (Å²) in [5.74, 6) is -0.997. The van der Waals surface area contributed by atoms with Crippen LogP contribution in [-0.4, -0.2) is 28.8 Å². The zero-order valence-electron chi connectivity index (χ0n) is 14.0. The Hall–Kier alpha value is -2.41. The highest BCUT2D eigenvalue weighted by Crippen LogP contribution is 2.23. The number of carbonyl (C=O) groups is 2. The maximum atomic E-state index is 12.2. The molecule has 26 heavy (non-hydrogen) atoms. The standard InChI is InChI=1S/C18H16Cl2N2O4/c1-18(2,25)17(24)22-21-10-11-4-3-5-13(8-11)26-16(23)14-7-6-12(19)9-15(14)20/h3-10,25H,1-2H3,(H,22,24)/b21-10-. The Morgan fingerprint density at radius 1 is 1.19 bits per heavy atom. The molecule has 2 aromatic carbocycles. The van der Waals surface area contributed by atoms with Crippen LogP contribution in [0.4, 0.5) is 0 Å². The summed E-state index contributed by atoms with van der Waals surface area (Å²) in [5.41, 5.74) is 1.44. The van der Waals surface area contributed by atoms with Gasteiger partial charge in [0.1, 0.15) is 11.4 Å². The lowest BCUT2D eigenvalue weighted by Crippen LogP contribution is -2.39. The van der Waals surface area contributed by atoms with Crippen molar-refractivity contribution in [1.29, 1.82) is 0 Å². The van der Waals surface area contributed by atoms with Crippen molar-refractivity contribution in [2.75, 3.05) is 0 Å². The SMILES string of the molecule is CC(C)(O)C(=O)N/N=C\c1cccc(OC(=O)c2ccc(Cl)cc2Cl)c1. The molecule has 2 aromatic rings. The van der Waals surface area contributed by atoms with Crippen LogP contribution < -0.4 is 10.2 Å². The number of halogens is 2. The average molecular weight is 395 g/mol. The topological polar surface area (TPSA) is 88.0 Å². The van der Waals surface area contributed by atoms with E-state index < -0.39 is 17.5 Å². The predicted molar refractivity (Wildman–Crippen MR) is 99.9 cm³/mol. The molecule has 0 aliphatic heterocycles. The van der Waals surface area contributed by atoms with Crippen LogP contribution in [-0.2, 0) is 4.79 Å². The van der Waals surface area contributed by atoms with Gasteiger partial charge < -0.3 is 9.84 Å². The lowest BCUT2D eigenvalue weighted by Gasteiger charge is -2.13. The summed E-state index contributed by atoms with van der Waals surface area (Å²) in [6.07, 6.45) is 1.36. The van der Waals surface area contributed by atoms with Crippen molar-refractivity contribution < 1.29 is 19.4 Å². The summed E-state index contributed by atoms with van der Waals surface area (Å²) in [6, 6.07) is 11.0. The number of carbonyl (C=O) groups excluding carboxylic acids is 2. The van der Waals surface area contributed by atoms with Gasteiger partial charge in [-0.25, -0.2) is 10.2 Å². The predicted octanol–water partition coefficient (Wildman–Crippen LogP) is 3.43. The Bertz CT molecular complexity index is 861. The van der Waals surface area contributed by atoms with Gasteiger partial charge >= 0.3 is 5.97 Å². The van der Waals surface area contributed by atoms with Gasteiger partial charge in [-0.3, -0.25) is 4.79 Å². The van der Waals surface area contributed by atoms with E-state index >= 15 is 0 Å². The zero-order chi connectivity index (χ0) is 19.3. The fourth-order valence-electron chi connectivity index (χ4n) is 1.78. The quantitative estimate of drug-likeness (QED) is 0.351. The Morgan fingerprint density at radius 2 is 1.92 bits per heavy atom. The van der Waals surface area contributed by atoms with Gasteiger partial charge in [0, 0.05) is 5.02 Å². The first-order valence-corrected chi connectivity index (χ1v) is 8.25. The minimum atomic E-state index is -1.54. The van der Waals surface area contributed by atoms with E-state index in [1.54, 1.807) is 30.3 Å². The third kappa shape index (κ3) is 5.56. The molecule has 0 aromatic heterocycles. The van der Waals surface area contributed by atoms with Crippen LogP contribution in [0.5, 0.6) is 5.75 Å². The third-order valence-electron chi connectivity index (χ3n) is 3.16. The molecule has 0 bridgehead atoms. The van der Waals surface area contributed by atoms with E-state index in [0.717, 1.165) is 0 Å². The molecule has 1 amide bonds. The molecular weight excluding hydrogens is 379 g/mol. The Morgan fingerprint density at radius 3 is 2.58 bits per heavy atom. The number of esters is 1. The monoisotopic (exact) mass is 394 g/mol. The first-order chi connectivity index (χ1) is 12.2. The molecule has 2 N–H and O–H groups in total. The number of amides is 1. The van der Waals surface area contributed by atoms with E-state index in [1.807, 2.05) is 0 Å². The molecule has 0 saturated heterocycles. The molecule has 0 saturated carbocycles. The Labute approximate surface area is 160 Å². The largest absolute Gasteiger partial charge is 0.423 e. The van der Waals surface area contributed by atoms with Crippen molar-refractivity contribution in [1.82, 2.24) is 5.43 Å². The van der Waals surface area contributed by atoms with Crippen LogP contribution in [0, 0.1) is 0 Å². The normalized spacial score (nSPS) is 11.4. The molecule has 0 atom stereocenters. The highest BCUT2D eigenvalue weighted by molar-refractivity contribution is 6.36. The Kier molecular flexibility index (Phi) is 6.37. The van der Waals surface area contributed by atoms with Crippen LogP contribution in [0.1, 0.15) is 29.8 Å². The average Bonchev–Trinajstić information content (AvgIpc) is 2.54. The summed E-state index contributed by atoms with van der Waals surface area (Å²) < 4.78 is 5.29. The fraction of sp³-hybridized carbons (Fsp3) is 0.167. The molecule has 0 heterocycles. The maximum Gasteiger partial charge on any atom is 0.345 e. The molecule has 2 rings (SSSR count). The summed E-state index contributed by atoms with van der Waals surface area (Å²) in [4.78, 5) is 23.7. The molecule has 8 heteroatoms. The van der Waals surface area contributed by atoms with Gasteiger partial charge in [-0.15, -0.1) is 0 Å². The number of nitrogens with zero attached hydrogens (tertiary/aromatic N) is 1. The lowest BCUT2D eigenvalue weighted by molar-refractivity contribution is -0.136. The molecule has 0 radical (unpaired) electrons. The van der Waals surface area contributed by atoms with Crippen LogP contribution in [0.25, 0.3) is 0 Å². The van der Waals surface area contributed by atoms with Gasteiger partial charge in [0.05, 0.1) is 16.8 Å². The fourth-order valence-corrected chi connectivity index (χ4v) is 2.26. The van der Waals surface area contributed by atoms with Crippen LogP contribution in [0.2, 0.25) is 10.0 Å². The summed E-state index contributed by atoms with van der Waals surface area (Å²) in [5, 5.41) is 13.9. The number of hydrogen-bond acceptors (Lipinski definition) is 5. The van der Waals surface area contributed by atoms with E-state index in [-0.39, 0.29) is 16.3 Å². The molecule has 136 valence electrons. The smallest absolute Gasteiger partial charge is 0.345 e. The van der Waals surface area contributed by atoms with Crippen molar-refractivity contribution >= 4 is 41.3 Å². The lowest BCUT2D eigenvalue weighted by atomic mass is 10.1. The minimum absolute atomic E-state index is 0.188. The summed E-state index contributed by atoms with van der Waals surface area (Å²) in [6.45, 7) is 2.69. The van der Waals surface area contributed by atoms with Crippen molar-refractivity contribution in [3.63, 3.8) is 0 Å². The summed E-state index contributed by atoms with van der Waals surface area (Å²) in [7, 11) is 0. The number of benzene rings is 2.